The first kappa shape index (κ1) is 10.6. The van der Waals surface area contributed by atoms with Crippen LogP contribution in [-0.2, 0) is 4.79 Å². The first-order chi connectivity index (χ1) is 7.13. The molecule has 1 aliphatic rings. The Kier molecular flexibility index (Phi) is 2.79. The second-order valence-electron chi connectivity index (χ2n) is 3.96. The van der Waals surface area contributed by atoms with Crippen molar-refractivity contribution in [3.63, 3.8) is 0 Å². The minimum atomic E-state index is -0.331. The summed E-state index contributed by atoms with van der Waals surface area (Å²) in [7, 11) is 0. The van der Waals surface area contributed by atoms with Gasteiger partial charge >= 0.3 is 0 Å². The molecule has 1 fully saturated rings. The van der Waals surface area contributed by atoms with Gasteiger partial charge in [-0.2, -0.15) is 0 Å². The topological polar surface area (TPSA) is 17.1 Å². The van der Waals surface area contributed by atoms with Crippen LogP contribution in [0.2, 0.25) is 5.02 Å². The molecule has 2 unspecified atom stereocenters. The molecule has 0 spiro atoms. The van der Waals surface area contributed by atoms with Gasteiger partial charge in [0.2, 0.25) is 0 Å². The molecule has 80 valence electrons. The van der Waals surface area contributed by atoms with Gasteiger partial charge in [0.05, 0.1) is 0 Å². The predicted octanol–water partition coefficient (Wildman–Crippen LogP) is 3.56. The zero-order valence-electron chi connectivity index (χ0n) is 8.47. The molecule has 0 N–H and O–H groups in total. The van der Waals surface area contributed by atoms with Crippen molar-refractivity contribution in [1.82, 2.24) is 0 Å². The number of carbonyl (C=O) groups excluding carboxylic acids is 1. The van der Waals surface area contributed by atoms with E-state index >= 15 is 0 Å². The zero-order valence-corrected chi connectivity index (χ0v) is 9.22. The fraction of sp³-hybridized carbons (Fsp3) is 0.417. The quantitative estimate of drug-likeness (QED) is 0.754. The summed E-state index contributed by atoms with van der Waals surface area (Å²) >= 11 is 5.96. The molecule has 1 nitrogen and oxygen atoms in total. The van der Waals surface area contributed by atoms with Crippen LogP contribution in [0, 0.1) is 11.7 Å². The summed E-state index contributed by atoms with van der Waals surface area (Å²) < 4.78 is 12.8. The van der Waals surface area contributed by atoms with Gasteiger partial charge in [0.1, 0.15) is 11.6 Å². The predicted molar refractivity (Wildman–Crippen MR) is 57.6 cm³/mol. The van der Waals surface area contributed by atoms with E-state index in [1.54, 1.807) is 6.07 Å². The largest absolute Gasteiger partial charge is 0.299 e. The number of halogens is 2. The number of Topliss-reactive ketones (excluding diaryl/α,β-unsaturated/α-hetero) is 1. The number of hydrogen-bond donors (Lipinski definition) is 0. The van der Waals surface area contributed by atoms with E-state index in [0.717, 1.165) is 12.0 Å². The Labute approximate surface area is 93.2 Å². The van der Waals surface area contributed by atoms with E-state index in [0.29, 0.717) is 17.2 Å². The molecule has 1 aromatic carbocycles. The SMILES string of the molecule is CCC1C(=O)CC1c1ccc(F)cc1Cl. The molecule has 0 amide bonds. The molecule has 0 aliphatic heterocycles. The summed E-state index contributed by atoms with van der Waals surface area (Å²) in [5, 5.41) is 0.436. The number of hydrogen-bond acceptors (Lipinski definition) is 1. The zero-order chi connectivity index (χ0) is 11.0. The van der Waals surface area contributed by atoms with Crippen LogP contribution in [0.15, 0.2) is 18.2 Å². The summed E-state index contributed by atoms with van der Waals surface area (Å²) in [6.07, 6.45) is 1.38. The first-order valence-electron chi connectivity index (χ1n) is 5.11. The van der Waals surface area contributed by atoms with Crippen LogP contribution in [-0.4, -0.2) is 5.78 Å². The lowest BCUT2D eigenvalue weighted by Crippen LogP contribution is -2.34. The molecule has 0 heterocycles. The number of ketones is 1. The van der Waals surface area contributed by atoms with Crippen molar-refractivity contribution in [3.8, 4) is 0 Å². The van der Waals surface area contributed by atoms with Crippen LogP contribution in [0.1, 0.15) is 31.2 Å². The molecule has 1 aliphatic carbocycles. The van der Waals surface area contributed by atoms with Gasteiger partial charge in [-0.3, -0.25) is 4.79 Å². The third-order valence-electron chi connectivity index (χ3n) is 3.12. The Bertz CT molecular complexity index is 403. The van der Waals surface area contributed by atoms with Crippen LogP contribution < -0.4 is 0 Å². The highest BCUT2D eigenvalue weighted by atomic mass is 35.5. The fourth-order valence-electron chi connectivity index (χ4n) is 2.22. The van der Waals surface area contributed by atoms with Crippen LogP contribution in [0.5, 0.6) is 0 Å². The van der Waals surface area contributed by atoms with E-state index in [9.17, 15) is 9.18 Å². The molecule has 0 saturated heterocycles. The molecule has 2 atom stereocenters. The summed E-state index contributed by atoms with van der Waals surface area (Å²) in [4.78, 5) is 11.3. The van der Waals surface area contributed by atoms with Gasteiger partial charge in [-0.15, -0.1) is 0 Å². The van der Waals surface area contributed by atoms with Crippen LogP contribution in [0.3, 0.4) is 0 Å². The van der Waals surface area contributed by atoms with Gasteiger partial charge < -0.3 is 0 Å². The van der Waals surface area contributed by atoms with E-state index in [1.807, 2.05) is 6.92 Å². The maximum Gasteiger partial charge on any atom is 0.137 e. The van der Waals surface area contributed by atoms with Crippen LogP contribution >= 0.6 is 11.6 Å². The molecule has 1 saturated carbocycles. The van der Waals surface area contributed by atoms with Gasteiger partial charge in [0.25, 0.3) is 0 Å². The van der Waals surface area contributed by atoms with Crippen molar-refractivity contribution in [3.05, 3.63) is 34.6 Å². The lowest BCUT2D eigenvalue weighted by Gasteiger charge is -2.35. The highest BCUT2D eigenvalue weighted by molar-refractivity contribution is 6.31. The molecular weight excluding hydrogens is 215 g/mol. The molecule has 1 aromatic rings. The van der Waals surface area contributed by atoms with Crippen LogP contribution in [0.4, 0.5) is 4.39 Å². The Balaban J connectivity index is 2.27. The van der Waals surface area contributed by atoms with Crippen molar-refractivity contribution in [2.45, 2.75) is 25.7 Å². The Morgan fingerprint density at radius 1 is 1.53 bits per heavy atom. The van der Waals surface area contributed by atoms with E-state index in [1.165, 1.54) is 12.1 Å². The maximum absolute atomic E-state index is 12.8. The normalized spacial score (nSPS) is 25.1. The molecule has 3 heteroatoms. The van der Waals surface area contributed by atoms with Crippen molar-refractivity contribution in [2.24, 2.45) is 5.92 Å². The Morgan fingerprint density at radius 3 is 2.80 bits per heavy atom. The average Bonchev–Trinajstić information content (AvgIpc) is 2.16. The van der Waals surface area contributed by atoms with Gasteiger partial charge in [0.15, 0.2) is 0 Å². The summed E-state index contributed by atoms with van der Waals surface area (Å²) in [5.41, 5.74) is 0.907. The Morgan fingerprint density at radius 2 is 2.27 bits per heavy atom. The van der Waals surface area contributed by atoms with Gasteiger partial charge in [-0.25, -0.2) is 4.39 Å². The third-order valence-corrected chi connectivity index (χ3v) is 3.45. The maximum atomic E-state index is 12.8. The number of benzene rings is 1. The Hall–Kier alpha value is -0.890. The molecule has 0 aromatic heterocycles. The van der Waals surface area contributed by atoms with E-state index in [4.69, 9.17) is 11.6 Å². The van der Waals surface area contributed by atoms with Crippen molar-refractivity contribution < 1.29 is 9.18 Å². The summed E-state index contributed by atoms with van der Waals surface area (Å²) in [5.74, 6) is 0.230. The standard InChI is InChI=1S/C12H12ClFO/c1-2-8-10(6-12(8)15)9-4-3-7(14)5-11(9)13/h3-5,8,10H,2,6H2,1H3. The lowest BCUT2D eigenvalue weighted by atomic mass is 9.68. The third kappa shape index (κ3) is 1.78. The highest BCUT2D eigenvalue weighted by Crippen LogP contribution is 2.43. The van der Waals surface area contributed by atoms with Crippen molar-refractivity contribution >= 4 is 17.4 Å². The average molecular weight is 227 g/mol. The second-order valence-corrected chi connectivity index (χ2v) is 4.36. The molecule has 2 rings (SSSR count). The summed E-state index contributed by atoms with van der Waals surface area (Å²) in [6.45, 7) is 1.99. The molecule has 0 bridgehead atoms. The van der Waals surface area contributed by atoms with Crippen molar-refractivity contribution in [1.29, 1.82) is 0 Å². The number of rotatable bonds is 2. The van der Waals surface area contributed by atoms with Gasteiger partial charge in [0, 0.05) is 23.3 Å². The van der Waals surface area contributed by atoms with E-state index < -0.39 is 0 Å². The highest BCUT2D eigenvalue weighted by Gasteiger charge is 2.39. The van der Waals surface area contributed by atoms with Crippen molar-refractivity contribution in [2.75, 3.05) is 0 Å². The first-order valence-corrected chi connectivity index (χ1v) is 5.49. The van der Waals surface area contributed by atoms with Gasteiger partial charge in [-0.05, 0) is 24.1 Å². The van der Waals surface area contributed by atoms with E-state index in [-0.39, 0.29) is 17.7 Å². The van der Waals surface area contributed by atoms with E-state index in [2.05, 4.69) is 0 Å². The smallest absolute Gasteiger partial charge is 0.137 e. The summed E-state index contributed by atoms with van der Waals surface area (Å²) in [6, 6.07) is 4.40. The molecular formula is C12H12ClFO. The van der Waals surface area contributed by atoms with Gasteiger partial charge in [-0.1, -0.05) is 24.6 Å². The molecule has 15 heavy (non-hydrogen) atoms. The minimum Gasteiger partial charge on any atom is -0.299 e. The van der Waals surface area contributed by atoms with Crippen LogP contribution in [0.25, 0.3) is 0 Å². The lowest BCUT2D eigenvalue weighted by molar-refractivity contribution is -0.131. The fourth-order valence-corrected chi connectivity index (χ4v) is 2.52. The number of carbonyl (C=O) groups is 1. The minimum absolute atomic E-state index is 0.0768. The second kappa shape index (κ2) is 3.93. The monoisotopic (exact) mass is 226 g/mol. The molecule has 0 radical (unpaired) electrons.